The maximum absolute atomic E-state index is 12.8. The second kappa shape index (κ2) is 13.1. The third-order valence-corrected chi connectivity index (χ3v) is 10.1. The Kier molecular flexibility index (Phi) is 10.1. The average Bonchev–Trinajstić information content (AvgIpc) is 3.38. The van der Waals surface area contributed by atoms with Crippen molar-refractivity contribution in [3.63, 3.8) is 0 Å². The highest BCUT2D eigenvalue weighted by Crippen LogP contribution is 2.32. The predicted molar refractivity (Wildman–Crippen MR) is 141 cm³/mol. The summed E-state index contributed by atoms with van der Waals surface area (Å²) in [4.78, 5) is 30.7. The number of benzene rings is 1. The smallest absolute Gasteiger partial charge is 0.426 e. The number of thiophene rings is 1. The Morgan fingerprint density at radius 2 is 1.90 bits per heavy atom. The number of alkyl halides is 3. The van der Waals surface area contributed by atoms with Gasteiger partial charge in [0, 0.05) is 25.2 Å². The van der Waals surface area contributed by atoms with Crippen LogP contribution in [0.1, 0.15) is 33.6 Å². The van der Waals surface area contributed by atoms with Crippen LogP contribution in [0.2, 0.25) is 5.02 Å². The molecule has 3 rings (SSSR count). The van der Waals surface area contributed by atoms with Crippen molar-refractivity contribution in [2.45, 2.75) is 25.6 Å². The Labute approximate surface area is 229 Å². The molecule has 0 aliphatic heterocycles. The van der Waals surface area contributed by atoms with E-state index in [1.165, 1.54) is 12.5 Å². The molecular formula is C23H24ClF3N5O5S2+. The topological polar surface area (TPSA) is 139 Å². The van der Waals surface area contributed by atoms with Crippen LogP contribution >= 0.6 is 21.1 Å². The lowest BCUT2D eigenvalue weighted by Gasteiger charge is -2.10. The van der Waals surface area contributed by atoms with E-state index in [9.17, 15) is 31.2 Å². The molecule has 3 aromatic rings. The molecule has 4 N–H and O–H groups in total. The summed E-state index contributed by atoms with van der Waals surface area (Å²) in [5.74, 6) is -0.673. The summed E-state index contributed by atoms with van der Waals surface area (Å²) in [6.07, 6.45) is -3.83. The Morgan fingerprint density at radius 3 is 2.59 bits per heavy atom. The van der Waals surface area contributed by atoms with Crippen LogP contribution in [0.4, 0.5) is 19.0 Å². The fraction of sp³-hybridized carbons (Fsp3) is 0.261. The van der Waals surface area contributed by atoms with Gasteiger partial charge in [-0.2, -0.15) is 21.6 Å². The van der Waals surface area contributed by atoms with E-state index in [-0.39, 0.29) is 36.8 Å². The fourth-order valence-electron chi connectivity index (χ4n) is 3.22. The first-order valence-corrected chi connectivity index (χ1v) is 14.9. The summed E-state index contributed by atoms with van der Waals surface area (Å²) in [7, 11) is -4.06. The standard InChI is InChI=1S/C23H23ClF3N5O5S2/c1-37-19-8-3-2-7-17(19)22(34)30-14-16-6-5-11-38(16)39(35,36)32-31-20(33)9-4-10-28-21-18(24)12-15(13-29-21)23(25,26)27/h2-3,5-8,11-13,32H,4,9-10,14H2,1H3,(H2-,28,29,30,31,33,34)/p+1. The molecule has 10 nitrogen and oxygen atoms in total. The molecule has 0 radical (unpaired) electrons. The van der Waals surface area contributed by atoms with Crippen LogP contribution in [0.25, 0.3) is 0 Å². The van der Waals surface area contributed by atoms with Crippen LogP contribution in [-0.4, -0.2) is 38.9 Å². The summed E-state index contributed by atoms with van der Waals surface area (Å²) < 4.78 is 68.8. The van der Waals surface area contributed by atoms with Crippen molar-refractivity contribution < 1.29 is 35.9 Å². The zero-order chi connectivity index (χ0) is 28.6. The fourth-order valence-corrected chi connectivity index (χ4v) is 7.24. The Bertz CT molecular complexity index is 1430. The van der Waals surface area contributed by atoms with E-state index in [4.69, 9.17) is 16.3 Å². The molecule has 16 heteroatoms. The molecule has 1 unspecified atom stereocenters. The van der Waals surface area contributed by atoms with Gasteiger partial charge in [-0.05, 0) is 30.7 Å². The van der Waals surface area contributed by atoms with E-state index >= 15 is 0 Å². The number of hydrazine groups is 1. The van der Waals surface area contributed by atoms with E-state index in [2.05, 4.69) is 25.9 Å². The van der Waals surface area contributed by atoms with Crippen molar-refractivity contribution in [1.82, 2.24) is 20.6 Å². The van der Waals surface area contributed by atoms with Gasteiger partial charge in [0.15, 0.2) is 10.3 Å². The van der Waals surface area contributed by atoms with E-state index in [0.717, 1.165) is 6.07 Å². The molecule has 2 aromatic heterocycles. The molecule has 0 saturated heterocycles. The molecule has 210 valence electrons. The van der Waals surface area contributed by atoms with Crippen LogP contribution < -0.4 is 25.6 Å². The van der Waals surface area contributed by atoms with Gasteiger partial charge in [-0.1, -0.05) is 28.6 Å². The number of rotatable bonds is 12. The maximum Gasteiger partial charge on any atom is 0.426 e. The van der Waals surface area contributed by atoms with Gasteiger partial charge in [0.1, 0.15) is 21.1 Å². The Balaban J connectivity index is 1.47. The number of hydrogen-bond donors (Lipinski definition) is 4. The number of anilines is 1. The van der Waals surface area contributed by atoms with E-state index in [0.29, 0.717) is 22.4 Å². The van der Waals surface area contributed by atoms with Gasteiger partial charge in [0.25, 0.3) is 5.91 Å². The molecular weight excluding hydrogens is 583 g/mol. The van der Waals surface area contributed by atoms with Gasteiger partial charge in [0.05, 0.1) is 29.8 Å². The SMILES string of the molecule is COc1ccccc1C(=O)NCc1ccc[s+]1S(=O)(=O)NNC(=O)CCCNc1ncc(C(F)(F)F)cc1Cl. The zero-order valence-electron chi connectivity index (χ0n) is 20.3. The molecule has 1 atom stereocenters. The molecule has 0 fully saturated rings. The molecule has 2 heterocycles. The third-order valence-electron chi connectivity index (χ3n) is 5.11. The molecule has 0 saturated carbocycles. The predicted octanol–water partition coefficient (Wildman–Crippen LogP) is 4.05. The lowest BCUT2D eigenvalue weighted by molar-refractivity contribution is -0.137. The number of ether oxygens (including phenoxy) is 1. The highest BCUT2D eigenvalue weighted by Gasteiger charge is 2.32. The second-order valence-electron chi connectivity index (χ2n) is 7.83. The summed E-state index contributed by atoms with van der Waals surface area (Å²) in [6.45, 7) is 0.0955. The number of para-hydroxylation sites is 1. The molecule has 2 amide bonds. The summed E-state index contributed by atoms with van der Waals surface area (Å²) in [6, 6.07) is 10.4. The lowest BCUT2D eigenvalue weighted by atomic mass is 10.2. The minimum atomic E-state index is -4.57. The highest BCUT2D eigenvalue weighted by atomic mass is 35.5. The summed E-state index contributed by atoms with van der Waals surface area (Å²) in [5.41, 5.74) is 1.44. The number of carbonyl (C=O) groups is 2. The second-order valence-corrected chi connectivity index (χ2v) is 13.1. The number of carbonyl (C=O) groups excluding carboxylic acids is 2. The average molecular weight is 607 g/mol. The van der Waals surface area contributed by atoms with Gasteiger partial charge in [-0.25, -0.2) is 4.98 Å². The minimum Gasteiger partial charge on any atom is -0.496 e. The van der Waals surface area contributed by atoms with E-state index in [1.807, 2.05) is 0 Å². The van der Waals surface area contributed by atoms with Crippen LogP contribution in [0.5, 0.6) is 5.75 Å². The Hall–Kier alpha value is -3.40. The number of pyridine rings is 1. The van der Waals surface area contributed by atoms with Crippen LogP contribution in [0, 0.1) is 0 Å². The number of halogens is 4. The van der Waals surface area contributed by atoms with Crippen molar-refractivity contribution in [1.29, 1.82) is 0 Å². The van der Waals surface area contributed by atoms with Crippen molar-refractivity contribution >= 4 is 47.8 Å². The zero-order valence-corrected chi connectivity index (χ0v) is 22.7. The summed E-state index contributed by atoms with van der Waals surface area (Å²) in [5, 5.41) is 6.60. The van der Waals surface area contributed by atoms with E-state index < -0.39 is 42.1 Å². The van der Waals surface area contributed by atoms with Crippen molar-refractivity contribution in [3.8, 4) is 5.75 Å². The number of nitrogens with zero attached hydrogens (tertiary/aromatic N) is 1. The Morgan fingerprint density at radius 1 is 1.15 bits per heavy atom. The number of methoxy groups -OCH3 is 1. The number of aromatic nitrogens is 1. The first-order chi connectivity index (χ1) is 18.4. The number of amides is 2. The molecule has 0 bridgehead atoms. The number of hydrogen-bond acceptors (Lipinski definition) is 7. The van der Waals surface area contributed by atoms with Gasteiger partial charge in [-0.15, -0.1) is 0 Å². The molecule has 1 aromatic carbocycles. The first kappa shape index (κ1) is 30.1. The molecule has 0 aliphatic rings. The van der Waals surface area contributed by atoms with Gasteiger partial charge in [-0.3, -0.25) is 15.0 Å². The largest absolute Gasteiger partial charge is 0.496 e. The monoisotopic (exact) mass is 606 g/mol. The third kappa shape index (κ3) is 8.29. The highest BCUT2D eigenvalue weighted by molar-refractivity contribution is 8.38. The van der Waals surface area contributed by atoms with Crippen LogP contribution in [0.3, 0.4) is 0 Å². The quantitative estimate of drug-likeness (QED) is 0.106. The summed E-state index contributed by atoms with van der Waals surface area (Å²) >= 11 is 5.82. The van der Waals surface area contributed by atoms with Gasteiger partial charge < -0.3 is 15.4 Å². The minimum absolute atomic E-state index is 0.0251. The van der Waals surface area contributed by atoms with Crippen LogP contribution in [-0.2, 0) is 26.6 Å². The van der Waals surface area contributed by atoms with Crippen molar-refractivity contribution in [2.75, 3.05) is 19.0 Å². The first-order valence-electron chi connectivity index (χ1n) is 11.2. The van der Waals surface area contributed by atoms with Gasteiger partial charge in [0.2, 0.25) is 5.91 Å². The molecule has 39 heavy (non-hydrogen) atoms. The molecule has 0 spiro atoms. The van der Waals surface area contributed by atoms with Crippen LogP contribution in [0.15, 0.2) is 54.0 Å². The molecule has 0 aliphatic carbocycles. The van der Waals surface area contributed by atoms with E-state index in [1.54, 1.807) is 36.4 Å². The van der Waals surface area contributed by atoms with Gasteiger partial charge >= 0.3 is 15.2 Å². The maximum atomic E-state index is 12.8. The van der Waals surface area contributed by atoms with Crippen molar-refractivity contribution in [2.24, 2.45) is 0 Å². The van der Waals surface area contributed by atoms with Crippen molar-refractivity contribution in [3.05, 3.63) is 75.1 Å². The number of nitrogens with one attached hydrogen (secondary N) is 4. The lowest BCUT2D eigenvalue weighted by Crippen LogP contribution is -2.40. The normalized spacial score (nSPS) is 12.1.